The topological polar surface area (TPSA) is 6.48 Å². The van der Waals surface area contributed by atoms with E-state index in [1.807, 2.05) is 0 Å². The van der Waals surface area contributed by atoms with Crippen LogP contribution in [0.5, 0.6) is 0 Å². The Labute approximate surface area is 137 Å². The monoisotopic (exact) mass is 304 g/mol. The molecule has 6 unspecified atom stereocenters. The Balaban J connectivity index is 1.45. The maximum absolute atomic E-state index is 2.87. The molecule has 0 bridgehead atoms. The van der Waals surface area contributed by atoms with Crippen molar-refractivity contribution in [2.45, 2.75) is 77.3 Å². The van der Waals surface area contributed by atoms with Crippen molar-refractivity contribution in [3.8, 4) is 0 Å². The quantitative estimate of drug-likeness (QED) is 0.722. The molecule has 126 valence electrons. The van der Waals surface area contributed by atoms with Gasteiger partial charge in [0.05, 0.1) is 0 Å². The van der Waals surface area contributed by atoms with Gasteiger partial charge in [-0.2, -0.15) is 0 Å². The zero-order valence-corrected chi connectivity index (χ0v) is 14.8. The van der Waals surface area contributed by atoms with Gasteiger partial charge in [-0.05, 0) is 94.7 Å². The van der Waals surface area contributed by atoms with Crippen LogP contribution in [0, 0.1) is 23.7 Å². The predicted molar refractivity (Wildman–Crippen MR) is 93.0 cm³/mol. The molecular weight excluding hydrogens is 268 g/mol. The molecule has 0 radical (unpaired) electrons. The fraction of sp³-hybridized carbons (Fsp3) is 1.00. The summed E-state index contributed by atoms with van der Waals surface area (Å²) in [5, 5.41) is 0. The Morgan fingerprint density at radius 1 is 0.636 bits per heavy atom. The minimum Gasteiger partial charge on any atom is -0.300 e. The molecule has 2 nitrogen and oxygen atoms in total. The number of piperidine rings is 2. The Morgan fingerprint density at radius 3 is 2.23 bits per heavy atom. The maximum Gasteiger partial charge on any atom is 0.0124 e. The summed E-state index contributed by atoms with van der Waals surface area (Å²) < 4.78 is 0. The number of nitrogens with zero attached hydrogens (tertiary/aromatic N) is 2. The first-order chi connectivity index (χ1) is 10.7. The Kier molecular flexibility index (Phi) is 4.52. The van der Waals surface area contributed by atoms with Crippen LogP contribution in [0.25, 0.3) is 0 Å². The molecule has 6 atom stereocenters. The van der Waals surface area contributed by atoms with Crippen LogP contribution in [-0.2, 0) is 0 Å². The maximum atomic E-state index is 2.87. The largest absolute Gasteiger partial charge is 0.300 e. The second-order valence-corrected chi connectivity index (χ2v) is 9.04. The van der Waals surface area contributed by atoms with E-state index in [0.29, 0.717) is 0 Å². The van der Waals surface area contributed by atoms with Crippen LogP contribution >= 0.6 is 0 Å². The van der Waals surface area contributed by atoms with Gasteiger partial charge in [0.1, 0.15) is 0 Å². The molecule has 22 heavy (non-hydrogen) atoms. The molecular formula is C20H36N2. The van der Waals surface area contributed by atoms with Crippen molar-refractivity contribution in [1.82, 2.24) is 9.80 Å². The van der Waals surface area contributed by atoms with Crippen molar-refractivity contribution in [2.24, 2.45) is 23.7 Å². The third-order valence-corrected chi connectivity index (χ3v) is 7.68. The molecule has 0 saturated carbocycles. The average molecular weight is 305 g/mol. The molecule has 0 N–H and O–H groups in total. The molecule has 4 heterocycles. The molecule has 4 fully saturated rings. The smallest absolute Gasteiger partial charge is 0.0124 e. The number of fused-ring (bicyclic) bond motifs is 2. The van der Waals surface area contributed by atoms with E-state index in [0.717, 1.165) is 35.8 Å². The molecule has 4 aliphatic heterocycles. The van der Waals surface area contributed by atoms with Crippen LogP contribution in [0.1, 0.15) is 65.2 Å². The van der Waals surface area contributed by atoms with Crippen molar-refractivity contribution >= 4 is 0 Å². The lowest BCUT2D eigenvalue weighted by Gasteiger charge is -2.44. The normalized spacial score (nSPS) is 47.7. The van der Waals surface area contributed by atoms with Crippen LogP contribution in [0.3, 0.4) is 0 Å². The van der Waals surface area contributed by atoms with Gasteiger partial charge < -0.3 is 4.90 Å². The van der Waals surface area contributed by atoms with E-state index in [1.165, 1.54) is 77.5 Å². The van der Waals surface area contributed by atoms with Gasteiger partial charge >= 0.3 is 0 Å². The van der Waals surface area contributed by atoms with Crippen molar-refractivity contribution in [2.75, 3.05) is 26.2 Å². The highest BCUT2D eigenvalue weighted by Crippen LogP contribution is 2.42. The molecule has 0 aromatic carbocycles. The lowest BCUT2D eigenvalue weighted by atomic mass is 9.73. The molecule has 0 amide bonds. The number of hydrogen-bond acceptors (Lipinski definition) is 2. The summed E-state index contributed by atoms with van der Waals surface area (Å²) in [7, 11) is 0. The highest BCUT2D eigenvalue weighted by Gasteiger charge is 2.41. The zero-order chi connectivity index (χ0) is 15.1. The molecule has 0 spiro atoms. The first kappa shape index (κ1) is 15.4. The van der Waals surface area contributed by atoms with Gasteiger partial charge in [-0.25, -0.2) is 0 Å². The molecule has 0 aliphatic carbocycles. The third kappa shape index (κ3) is 2.86. The second kappa shape index (κ2) is 6.43. The first-order valence-corrected chi connectivity index (χ1v) is 10.2. The zero-order valence-electron chi connectivity index (χ0n) is 14.8. The van der Waals surface area contributed by atoms with Crippen molar-refractivity contribution < 1.29 is 0 Å². The summed E-state index contributed by atoms with van der Waals surface area (Å²) in [6.07, 6.45) is 11.9. The van der Waals surface area contributed by atoms with Crippen LogP contribution in [0.4, 0.5) is 0 Å². The van der Waals surface area contributed by atoms with E-state index >= 15 is 0 Å². The number of rotatable bonds is 1. The van der Waals surface area contributed by atoms with Crippen LogP contribution < -0.4 is 0 Å². The van der Waals surface area contributed by atoms with E-state index in [2.05, 4.69) is 23.6 Å². The van der Waals surface area contributed by atoms with Gasteiger partial charge in [0.25, 0.3) is 0 Å². The Hall–Kier alpha value is -0.0800. The van der Waals surface area contributed by atoms with Gasteiger partial charge in [0.15, 0.2) is 0 Å². The summed E-state index contributed by atoms with van der Waals surface area (Å²) in [6, 6.07) is 1.85. The average Bonchev–Trinajstić information content (AvgIpc) is 2.87. The number of hydrogen-bond donors (Lipinski definition) is 0. The molecule has 2 heteroatoms. The Morgan fingerprint density at radius 2 is 1.36 bits per heavy atom. The molecule has 0 aromatic heterocycles. The van der Waals surface area contributed by atoms with Gasteiger partial charge in [0, 0.05) is 18.6 Å². The van der Waals surface area contributed by atoms with E-state index in [9.17, 15) is 0 Å². The summed E-state index contributed by atoms with van der Waals surface area (Å²) in [5.74, 6) is 3.90. The fourth-order valence-electron chi connectivity index (χ4n) is 6.48. The summed E-state index contributed by atoms with van der Waals surface area (Å²) in [6.45, 7) is 10.7. The van der Waals surface area contributed by atoms with Gasteiger partial charge in [0.2, 0.25) is 0 Å². The highest BCUT2D eigenvalue weighted by molar-refractivity contribution is 4.95. The van der Waals surface area contributed by atoms with Crippen molar-refractivity contribution in [1.29, 1.82) is 0 Å². The summed E-state index contributed by atoms with van der Waals surface area (Å²) in [5.41, 5.74) is 0. The van der Waals surface area contributed by atoms with E-state index in [4.69, 9.17) is 0 Å². The molecule has 4 aliphatic rings. The van der Waals surface area contributed by atoms with E-state index in [-0.39, 0.29) is 0 Å². The molecule has 0 aromatic rings. The van der Waals surface area contributed by atoms with Crippen LogP contribution in [0.15, 0.2) is 0 Å². The predicted octanol–water partition coefficient (Wildman–Crippen LogP) is 4.01. The van der Waals surface area contributed by atoms with Crippen LogP contribution in [-0.4, -0.2) is 48.1 Å². The van der Waals surface area contributed by atoms with Gasteiger partial charge in [-0.3, -0.25) is 4.90 Å². The summed E-state index contributed by atoms with van der Waals surface area (Å²) >= 11 is 0. The second-order valence-electron chi connectivity index (χ2n) is 9.04. The summed E-state index contributed by atoms with van der Waals surface area (Å²) in [4.78, 5) is 5.73. The first-order valence-electron chi connectivity index (χ1n) is 10.2. The molecule has 4 saturated heterocycles. The van der Waals surface area contributed by atoms with E-state index in [1.54, 1.807) is 0 Å². The van der Waals surface area contributed by atoms with Crippen LogP contribution in [0.2, 0.25) is 0 Å². The van der Waals surface area contributed by atoms with Gasteiger partial charge in [-0.1, -0.05) is 13.8 Å². The minimum atomic E-state index is 0.910. The lowest BCUT2D eigenvalue weighted by molar-refractivity contribution is 0.0472. The Bertz CT molecular complexity index is 382. The fourth-order valence-corrected chi connectivity index (χ4v) is 6.48. The highest BCUT2D eigenvalue weighted by atomic mass is 15.2. The van der Waals surface area contributed by atoms with Gasteiger partial charge in [-0.15, -0.1) is 0 Å². The van der Waals surface area contributed by atoms with Crippen molar-refractivity contribution in [3.63, 3.8) is 0 Å². The molecule has 4 rings (SSSR count). The minimum absolute atomic E-state index is 0.910. The lowest BCUT2D eigenvalue weighted by Crippen LogP contribution is -2.48. The SMILES string of the molecule is CC1CCCN2CCCC(C3CC(C)C4CCCN4C3)CC12. The standard InChI is InChI=1S/C20H36N2/c1-15-6-3-9-21-10-4-7-17(13-20(15)21)18-12-16(2)19-8-5-11-22(19)14-18/h15-20H,3-14H2,1-2H3. The van der Waals surface area contributed by atoms with E-state index < -0.39 is 0 Å². The third-order valence-electron chi connectivity index (χ3n) is 7.68. The van der Waals surface area contributed by atoms with Crippen molar-refractivity contribution in [3.05, 3.63) is 0 Å².